The zero-order chi connectivity index (χ0) is 16.8. The van der Waals surface area contributed by atoms with Crippen LogP contribution in [-0.2, 0) is 4.79 Å². The number of rotatable bonds is 5. The van der Waals surface area contributed by atoms with Gasteiger partial charge in [0.1, 0.15) is 17.4 Å². The van der Waals surface area contributed by atoms with Gasteiger partial charge in [-0.15, -0.1) is 0 Å². The van der Waals surface area contributed by atoms with Crippen molar-refractivity contribution in [3.05, 3.63) is 64.7 Å². The molecule has 0 aromatic heterocycles. The molecule has 23 heavy (non-hydrogen) atoms. The molecule has 0 fully saturated rings. The predicted octanol–water partition coefficient (Wildman–Crippen LogP) is 3.54. The Morgan fingerprint density at radius 3 is 2.74 bits per heavy atom. The van der Waals surface area contributed by atoms with Gasteiger partial charge in [0.25, 0.3) is 5.91 Å². The van der Waals surface area contributed by atoms with Crippen LogP contribution < -0.4 is 10.2 Å². The first kappa shape index (κ1) is 16.9. The lowest BCUT2D eigenvalue weighted by Gasteiger charge is -2.07. The first-order chi connectivity index (χ1) is 11.0. The minimum absolute atomic E-state index is 0.0303. The highest BCUT2D eigenvalue weighted by atomic mass is 35.5. The summed E-state index contributed by atoms with van der Waals surface area (Å²) < 4.78 is 31.9. The van der Waals surface area contributed by atoms with E-state index in [4.69, 9.17) is 16.3 Å². The summed E-state index contributed by atoms with van der Waals surface area (Å²) >= 11 is 5.89. The quantitative estimate of drug-likeness (QED) is 0.669. The first-order valence-electron chi connectivity index (χ1n) is 6.63. The lowest BCUT2D eigenvalue weighted by atomic mass is 10.1. The average molecular weight is 339 g/mol. The van der Waals surface area contributed by atoms with Crippen molar-refractivity contribution in [1.82, 2.24) is 5.43 Å². The van der Waals surface area contributed by atoms with E-state index >= 15 is 0 Å². The SMILES string of the molecule is C/C(=N/NC(=O)COc1ccccc1Cl)c1cc(F)ccc1F. The van der Waals surface area contributed by atoms with Crippen molar-refractivity contribution in [2.45, 2.75) is 6.92 Å². The third-order valence-electron chi connectivity index (χ3n) is 2.86. The zero-order valence-corrected chi connectivity index (χ0v) is 12.9. The van der Waals surface area contributed by atoms with Gasteiger partial charge in [0.2, 0.25) is 0 Å². The largest absolute Gasteiger partial charge is 0.482 e. The van der Waals surface area contributed by atoms with E-state index in [1.54, 1.807) is 24.3 Å². The normalized spacial score (nSPS) is 11.2. The van der Waals surface area contributed by atoms with Gasteiger partial charge in [-0.2, -0.15) is 5.10 Å². The highest BCUT2D eigenvalue weighted by molar-refractivity contribution is 6.32. The van der Waals surface area contributed by atoms with E-state index in [9.17, 15) is 13.6 Å². The number of carbonyl (C=O) groups is 1. The fraction of sp³-hybridized carbons (Fsp3) is 0.125. The summed E-state index contributed by atoms with van der Waals surface area (Å²) in [5.74, 6) is -1.42. The molecule has 2 aromatic rings. The van der Waals surface area contributed by atoms with E-state index < -0.39 is 17.5 Å². The minimum Gasteiger partial charge on any atom is -0.482 e. The Bertz CT molecular complexity index is 751. The summed E-state index contributed by atoms with van der Waals surface area (Å²) in [4.78, 5) is 11.7. The average Bonchev–Trinajstić information content (AvgIpc) is 2.54. The van der Waals surface area contributed by atoms with Gasteiger partial charge in [-0.05, 0) is 37.3 Å². The molecule has 0 radical (unpaired) electrons. The van der Waals surface area contributed by atoms with E-state index in [0.29, 0.717) is 10.8 Å². The second-order valence-corrected chi connectivity index (χ2v) is 4.98. The molecule has 0 unspecified atom stereocenters. The Hall–Kier alpha value is -2.47. The topological polar surface area (TPSA) is 50.7 Å². The standard InChI is InChI=1S/C16H13ClF2N2O2/c1-10(12-8-11(18)6-7-14(12)19)20-21-16(22)9-23-15-5-3-2-4-13(15)17/h2-8H,9H2,1H3,(H,21,22)/b20-10-. The highest BCUT2D eigenvalue weighted by Crippen LogP contribution is 2.22. The maximum absolute atomic E-state index is 13.6. The van der Waals surface area contributed by atoms with Crippen molar-refractivity contribution >= 4 is 23.2 Å². The number of hydrogen-bond donors (Lipinski definition) is 1. The van der Waals surface area contributed by atoms with Gasteiger partial charge in [-0.25, -0.2) is 14.2 Å². The van der Waals surface area contributed by atoms with Crippen LogP contribution in [0.3, 0.4) is 0 Å². The molecule has 0 heterocycles. The van der Waals surface area contributed by atoms with Crippen molar-refractivity contribution in [3.63, 3.8) is 0 Å². The Morgan fingerprint density at radius 2 is 2.00 bits per heavy atom. The number of hydrogen-bond acceptors (Lipinski definition) is 3. The van der Waals surface area contributed by atoms with Crippen LogP contribution in [0.1, 0.15) is 12.5 Å². The summed E-state index contributed by atoms with van der Waals surface area (Å²) in [6, 6.07) is 9.69. The second-order valence-electron chi connectivity index (χ2n) is 4.58. The minimum atomic E-state index is -0.630. The van der Waals surface area contributed by atoms with Gasteiger partial charge in [0.05, 0.1) is 10.7 Å². The molecule has 1 amide bonds. The van der Waals surface area contributed by atoms with Crippen molar-refractivity contribution in [2.24, 2.45) is 5.10 Å². The third-order valence-corrected chi connectivity index (χ3v) is 3.17. The van der Waals surface area contributed by atoms with Gasteiger partial charge in [-0.1, -0.05) is 23.7 Å². The van der Waals surface area contributed by atoms with E-state index in [1.165, 1.54) is 6.92 Å². The monoisotopic (exact) mass is 338 g/mol. The molecule has 4 nitrogen and oxygen atoms in total. The first-order valence-corrected chi connectivity index (χ1v) is 7.01. The Balaban J connectivity index is 1.95. The maximum Gasteiger partial charge on any atom is 0.277 e. The number of nitrogens with one attached hydrogen (secondary N) is 1. The summed E-state index contributed by atoms with van der Waals surface area (Å²) in [5.41, 5.74) is 2.31. The molecular weight excluding hydrogens is 326 g/mol. The molecule has 0 aliphatic heterocycles. The summed E-state index contributed by atoms with van der Waals surface area (Å²) in [7, 11) is 0. The van der Waals surface area contributed by atoms with Gasteiger partial charge < -0.3 is 4.74 Å². The Morgan fingerprint density at radius 1 is 1.26 bits per heavy atom. The van der Waals surface area contributed by atoms with Crippen molar-refractivity contribution in [2.75, 3.05) is 6.61 Å². The molecule has 0 saturated heterocycles. The molecule has 0 bridgehead atoms. The molecule has 0 aliphatic rings. The zero-order valence-electron chi connectivity index (χ0n) is 12.1. The van der Waals surface area contributed by atoms with Crippen LogP contribution in [0.25, 0.3) is 0 Å². The Labute approximate surface area is 136 Å². The molecule has 0 aliphatic carbocycles. The number of para-hydroxylation sites is 1. The number of benzene rings is 2. The van der Waals surface area contributed by atoms with Crippen LogP contribution in [-0.4, -0.2) is 18.2 Å². The summed E-state index contributed by atoms with van der Waals surface area (Å²) in [6.45, 7) is 1.14. The smallest absolute Gasteiger partial charge is 0.277 e. The molecule has 2 aromatic carbocycles. The predicted molar refractivity (Wildman–Crippen MR) is 83.7 cm³/mol. The maximum atomic E-state index is 13.6. The van der Waals surface area contributed by atoms with Crippen LogP contribution >= 0.6 is 11.6 Å². The number of nitrogens with zero attached hydrogens (tertiary/aromatic N) is 1. The molecule has 0 saturated carbocycles. The molecule has 1 N–H and O–H groups in total. The van der Waals surface area contributed by atoms with E-state index in [0.717, 1.165) is 18.2 Å². The highest BCUT2D eigenvalue weighted by Gasteiger charge is 2.09. The van der Waals surface area contributed by atoms with Crippen LogP contribution in [0.5, 0.6) is 5.75 Å². The number of carbonyl (C=O) groups excluding carboxylic acids is 1. The number of amides is 1. The van der Waals surface area contributed by atoms with Crippen molar-refractivity contribution in [3.8, 4) is 5.75 Å². The van der Waals surface area contributed by atoms with E-state index in [1.807, 2.05) is 0 Å². The molecular formula is C16H13ClF2N2O2. The molecule has 120 valence electrons. The second kappa shape index (κ2) is 7.69. The van der Waals surface area contributed by atoms with Crippen LogP contribution in [0.2, 0.25) is 5.02 Å². The fourth-order valence-corrected chi connectivity index (χ4v) is 1.91. The fourth-order valence-electron chi connectivity index (χ4n) is 1.72. The van der Waals surface area contributed by atoms with Gasteiger partial charge in [0.15, 0.2) is 6.61 Å². The van der Waals surface area contributed by atoms with E-state index in [2.05, 4.69) is 10.5 Å². The van der Waals surface area contributed by atoms with Crippen molar-refractivity contribution in [1.29, 1.82) is 0 Å². The van der Waals surface area contributed by atoms with E-state index in [-0.39, 0.29) is 17.9 Å². The lowest BCUT2D eigenvalue weighted by molar-refractivity contribution is -0.123. The number of hydrazone groups is 1. The molecule has 0 atom stereocenters. The van der Waals surface area contributed by atoms with Gasteiger partial charge >= 0.3 is 0 Å². The van der Waals surface area contributed by atoms with Crippen LogP contribution in [0.15, 0.2) is 47.6 Å². The lowest BCUT2D eigenvalue weighted by Crippen LogP contribution is -2.25. The third kappa shape index (κ3) is 4.75. The van der Waals surface area contributed by atoms with Gasteiger partial charge in [-0.3, -0.25) is 4.79 Å². The molecule has 7 heteroatoms. The van der Waals surface area contributed by atoms with Crippen LogP contribution in [0, 0.1) is 11.6 Å². The van der Waals surface area contributed by atoms with Crippen molar-refractivity contribution < 1.29 is 18.3 Å². The summed E-state index contributed by atoms with van der Waals surface area (Å²) in [5, 5.41) is 4.11. The van der Waals surface area contributed by atoms with Gasteiger partial charge in [0, 0.05) is 5.56 Å². The molecule has 2 rings (SSSR count). The van der Waals surface area contributed by atoms with Crippen LogP contribution in [0.4, 0.5) is 8.78 Å². The number of halogens is 3. The summed E-state index contributed by atoms with van der Waals surface area (Å²) in [6.07, 6.45) is 0. The molecule has 0 spiro atoms. The number of ether oxygens (including phenoxy) is 1. The Kier molecular flexibility index (Phi) is 5.65.